The van der Waals surface area contributed by atoms with E-state index in [9.17, 15) is 9.18 Å². The fourth-order valence-electron chi connectivity index (χ4n) is 0.855. The second-order valence-electron chi connectivity index (χ2n) is 3.48. The quantitative estimate of drug-likeness (QED) is 0.672. The van der Waals surface area contributed by atoms with Crippen LogP contribution in [0.25, 0.3) is 0 Å². The average Bonchev–Trinajstić information content (AvgIpc) is 2.02. The SMILES string of the molecule is COC(C)(C)CC(O)C(F)C(=O)O. The summed E-state index contributed by atoms with van der Waals surface area (Å²) in [4.78, 5) is 10.1. The standard InChI is InChI=1S/C8H15FO4/c1-8(2,13-3)4-5(10)6(9)7(11)12/h5-6,10H,4H2,1-3H3,(H,11,12). The fourth-order valence-corrected chi connectivity index (χ4v) is 0.855. The first kappa shape index (κ1) is 12.3. The smallest absolute Gasteiger partial charge is 0.341 e. The number of ether oxygens (including phenoxy) is 1. The van der Waals surface area contributed by atoms with Crippen molar-refractivity contribution in [2.24, 2.45) is 0 Å². The normalized spacial score (nSPS) is 16.7. The zero-order valence-corrected chi connectivity index (χ0v) is 7.95. The van der Waals surface area contributed by atoms with E-state index in [0.29, 0.717) is 0 Å². The number of carboxylic acids is 1. The molecule has 0 radical (unpaired) electrons. The summed E-state index contributed by atoms with van der Waals surface area (Å²) in [5, 5.41) is 17.4. The zero-order valence-electron chi connectivity index (χ0n) is 7.95. The molecule has 0 bridgehead atoms. The Labute approximate surface area is 76.3 Å². The van der Waals surface area contributed by atoms with Crippen molar-refractivity contribution in [2.45, 2.75) is 38.1 Å². The van der Waals surface area contributed by atoms with Crippen LogP contribution in [0.15, 0.2) is 0 Å². The Bertz CT molecular complexity index is 181. The Morgan fingerprint density at radius 1 is 1.62 bits per heavy atom. The summed E-state index contributed by atoms with van der Waals surface area (Å²) in [6.07, 6.45) is -3.85. The van der Waals surface area contributed by atoms with Gasteiger partial charge in [0.25, 0.3) is 0 Å². The predicted molar refractivity (Wildman–Crippen MR) is 44.2 cm³/mol. The largest absolute Gasteiger partial charge is 0.479 e. The summed E-state index contributed by atoms with van der Waals surface area (Å²) in [6.45, 7) is 3.29. The van der Waals surface area contributed by atoms with Crippen molar-refractivity contribution in [3.63, 3.8) is 0 Å². The first-order valence-electron chi connectivity index (χ1n) is 3.90. The molecular formula is C8H15FO4. The van der Waals surface area contributed by atoms with Gasteiger partial charge >= 0.3 is 5.97 Å². The Kier molecular flexibility index (Phi) is 4.29. The van der Waals surface area contributed by atoms with Crippen LogP contribution >= 0.6 is 0 Å². The van der Waals surface area contributed by atoms with E-state index < -0.39 is 23.8 Å². The molecule has 0 aliphatic carbocycles. The minimum absolute atomic E-state index is 0.0586. The van der Waals surface area contributed by atoms with Gasteiger partial charge in [-0.3, -0.25) is 0 Å². The summed E-state index contributed by atoms with van der Waals surface area (Å²) in [5.41, 5.74) is -0.723. The second kappa shape index (κ2) is 4.53. The number of aliphatic hydroxyl groups excluding tert-OH is 1. The van der Waals surface area contributed by atoms with Crippen LogP contribution in [0, 0.1) is 0 Å². The van der Waals surface area contributed by atoms with E-state index in [-0.39, 0.29) is 6.42 Å². The van der Waals surface area contributed by atoms with Crippen molar-refractivity contribution in [1.82, 2.24) is 0 Å². The predicted octanol–water partition coefficient (Wildman–Crippen LogP) is 0.585. The first-order valence-corrected chi connectivity index (χ1v) is 3.90. The third-order valence-electron chi connectivity index (χ3n) is 1.83. The number of aliphatic hydroxyl groups is 1. The molecular weight excluding hydrogens is 179 g/mol. The molecule has 0 saturated heterocycles. The van der Waals surface area contributed by atoms with Gasteiger partial charge in [-0.05, 0) is 13.8 Å². The molecule has 0 amide bonds. The molecule has 0 fully saturated rings. The lowest BCUT2D eigenvalue weighted by Crippen LogP contribution is -2.37. The Morgan fingerprint density at radius 2 is 2.08 bits per heavy atom. The number of rotatable bonds is 5. The summed E-state index contributed by atoms with van der Waals surface area (Å²) < 4.78 is 17.6. The monoisotopic (exact) mass is 194 g/mol. The minimum atomic E-state index is -2.26. The fraction of sp³-hybridized carbons (Fsp3) is 0.875. The number of methoxy groups -OCH3 is 1. The third kappa shape index (κ3) is 4.19. The van der Waals surface area contributed by atoms with E-state index in [2.05, 4.69) is 0 Å². The highest BCUT2D eigenvalue weighted by Crippen LogP contribution is 2.18. The summed E-state index contributed by atoms with van der Waals surface area (Å²) in [5.74, 6) is -1.65. The number of hydrogen-bond donors (Lipinski definition) is 2. The van der Waals surface area contributed by atoms with Crippen molar-refractivity contribution in [3.8, 4) is 0 Å². The van der Waals surface area contributed by atoms with Gasteiger partial charge in [0.15, 0.2) is 0 Å². The zero-order chi connectivity index (χ0) is 10.6. The van der Waals surface area contributed by atoms with Crippen LogP contribution in [0.4, 0.5) is 4.39 Å². The highest BCUT2D eigenvalue weighted by atomic mass is 19.1. The topological polar surface area (TPSA) is 66.8 Å². The second-order valence-corrected chi connectivity index (χ2v) is 3.48. The molecule has 0 aromatic heterocycles. The van der Waals surface area contributed by atoms with Gasteiger partial charge < -0.3 is 14.9 Å². The van der Waals surface area contributed by atoms with Crippen LogP contribution in [0.1, 0.15) is 20.3 Å². The van der Waals surface area contributed by atoms with E-state index in [0.717, 1.165) is 0 Å². The van der Waals surface area contributed by atoms with Crippen molar-refractivity contribution in [3.05, 3.63) is 0 Å². The number of halogens is 1. The number of carbonyl (C=O) groups is 1. The number of aliphatic carboxylic acids is 1. The van der Waals surface area contributed by atoms with Gasteiger partial charge in [-0.2, -0.15) is 0 Å². The van der Waals surface area contributed by atoms with Gasteiger partial charge in [-0.1, -0.05) is 0 Å². The van der Waals surface area contributed by atoms with E-state index >= 15 is 0 Å². The molecule has 5 heteroatoms. The molecule has 0 spiro atoms. The molecule has 0 aromatic carbocycles. The van der Waals surface area contributed by atoms with Crippen LogP contribution in [0.5, 0.6) is 0 Å². The molecule has 0 rings (SSSR count). The number of carboxylic acid groups (broad SMARTS) is 1. The molecule has 2 unspecified atom stereocenters. The summed E-state index contributed by atoms with van der Waals surface area (Å²) in [7, 11) is 1.42. The highest BCUT2D eigenvalue weighted by molar-refractivity contribution is 5.72. The van der Waals surface area contributed by atoms with Crippen molar-refractivity contribution < 1.29 is 24.1 Å². The maximum atomic E-state index is 12.7. The molecule has 78 valence electrons. The third-order valence-corrected chi connectivity index (χ3v) is 1.83. The molecule has 2 atom stereocenters. The lowest BCUT2D eigenvalue weighted by molar-refractivity contribution is -0.149. The molecule has 0 aliphatic rings. The molecule has 13 heavy (non-hydrogen) atoms. The van der Waals surface area contributed by atoms with Gasteiger partial charge in [0.1, 0.15) is 0 Å². The van der Waals surface area contributed by atoms with Gasteiger partial charge in [-0.25, -0.2) is 9.18 Å². The molecule has 0 aromatic rings. The summed E-state index contributed by atoms with van der Waals surface area (Å²) in [6, 6.07) is 0. The van der Waals surface area contributed by atoms with Crippen LogP contribution in [0.3, 0.4) is 0 Å². The van der Waals surface area contributed by atoms with Gasteiger partial charge in [0.05, 0.1) is 11.7 Å². The van der Waals surface area contributed by atoms with Gasteiger partial charge in [-0.15, -0.1) is 0 Å². The maximum absolute atomic E-state index is 12.7. The number of hydrogen-bond acceptors (Lipinski definition) is 3. The Hall–Kier alpha value is -0.680. The van der Waals surface area contributed by atoms with Crippen molar-refractivity contribution in [2.75, 3.05) is 7.11 Å². The minimum Gasteiger partial charge on any atom is -0.479 e. The Balaban J connectivity index is 4.14. The van der Waals surface area contributed by atoms with Gasteiger partial charge in [0.2, 0.25) is 6.17 Å². The summed E-state index contributed by atoms with van der Waals surface area (Å²) >= 11 is 0. The maximum Gasteiger partial charge on any atom is 0.341 e. The van der Waals surface area contributed by atoms with Crippen LogP contribution in [-0.2, 0) is 9.53 Å². The first-order chi connectivity index (χ1) is 5.80. The molecule has 2 N–H and O–H groups in total. The Morgan fingerprint density at radius 3 is 2.38 bits per heavy atom. The van der Waals surface area contributed by atoms with E-state index in [1.165, 1.54) is 7.11 Å². The molecule has 0 aliphatic heterocycles. The van der Waals surface area contributed by atoms with Crippen LogP contribution in [-0.4, -0.2) is 41.2 Å². The van der Waals surface area contributed by atoms with Crippen molar-refractivity contribution in [1.29, 1.82) is 0 Å². The van der Waals surface area contributed by atoms with Crippen molar-refractivity contribution >= 4 is 5.97 Å². The molecule has 0 saturated carbocycles. The molecule has 4 nitrogen and oxygen atoms in total. The molecule has 0 heterocycles. The van der Waals surface area contributed by atoms with Gasteiger partial charge in [0, 0.05) is 13.5 Å². The lowest BCUT2D eigenvalue weighted by Gasteiger charge is -2.26. The highest BCUT2D eigenvalue weighted by Gasteiger charge is 2.31. The van der Waals surface area contributed by atoms with Crippen LogP contribution in [0.2, 0.25) is 0 Å². The van der Waals surface area contributed by atoms with E-state index in [1.807, 2.05) is 0 Å². The van der Waals surface area contributed by atoms with E-state index in [4.69, 9.17) is 14.9 Å². The lowest BCUT2D eigenvalue weighted by atomic mass is 9.98. The number of alkyl halides is 1. The average molecular weight is 194 g/mol. The van der Waals surface area contributed by atoms with E-state index in [1.54, 1.807) is 13.8 Å². The van der Waals surface area contributed by atoms with Crippen LogP contribution < -0.4 is 0 Å².